The van der Waals surface area contributed by atoms with Gasteiger partial charge in [-0.2, -0.15) is 5.10 Å². The molecule has 28 heavy (non-hydrogen) atoms. The van der Waals surface area contributed by atoms with E-state index in [0.717, 1.165) is 28.8 Å². The zero-order valence-electron chi connectivity index (χ0n) is 15.3. The minimum atomic E-state index is -0.192. The Morgan fingerprint density at radius 3 is 2.96 bits per heavy atom. The lowest BCUT2D eigenvalue weighted by Crippen LogP contribution is -2.33. The van der Waals surface area contributed by atoms with Crippen LogP contribution < -0.4 is 10.9 Å². The smallest absolute Gasteiger partial charge is 0.263 e. The van der Waals surface area contributed by atoms with Crippen LogP contribution in [0.1, 0.15) is 12.0 Å². The molecule has 0 spiro atoms. The molecule has 144 valence electrons. The van der Waals surface area contributed by atoms with Gasteiger partial charge in [0.15, 0.2) is 0 Å². The van der Waals surface area contributed by atoms with Crippen molar-refractivity contribution in [3.8, 4) is 10.4 Å². The third-order valence-electron chi connectivity index (χ3n) is 4.38. The van der Waals surface area contributed by atoms with E-state index < -0.39 is 0 Å². The van der Waals surface area contributed by atoms with Gasteiger partial charge in [0.1, 0.15) is 11.4 Å². The molecule has 7 nitrogen and oxygen atoms in total. The van der Waals surface area contributed by atoms with Crippen LogP contribution in [-0.4, -0.2) is 31.8 Å². The minimum Gasteiger partial charge on any atom is -0.355 e. The van der Waals surface area contributed by atoms with Crippen LogP contribution in [0.4, 0.5) is 0 Å². The first-order chi connectivity index (χ1) is 13.6. The Labute approximate surface area is 169 Å². The molecular formula is C19H19N5O2S2. The van der Waals surface area contributed by atoms with Gasteiger partial charge in [0.05, 0.1) is 17.9 Å². The molecule has 0 bridgehead atoms. The van der Waals surface area contributed by atoms with E-state index in [0.29, 0.717) is 16.8 Å². The van der Waals surface area contributed by atoms with Crippen LogP contribution in [0.5, 0.6) is 0 Å². The van der Waals surface area contributed by atoms with E-state index in [4.69, 9.17) is 0 Å². The van der Waals surface area contributed by atoms with Crippen molar-refractivity contribution in [1.29, 1.82) is 0 Å². The number of aryl methyl sites for hydroxylation is 2. The molecule has 0 aliphatic carbocycles. The van der Waals surface area contributed by atoms with E-state index in [1.807, 2.05) is 42.3 Å². The lowest BCUT2D eigenvalue weighted by atomic mass is 10.2. The molecule has 0 aliphatic heterocycles. The molecule has 0 saturated carbocycles. The molecule has 0 fully saturated rings. The number of thiophene rings is 2. The number of aromatic nitrogens is 4. The van der Waals surface area contributed by atoms with Crippen molar-refractivity contribution in [2.45, 2.75) is 19.4 Å². The second-order valence-corrected chi connectivity index (χ2v) is 8.27. The third-order valence-corrected chi connectivity index (χ3v) is 6.17. The summed E-state index contributed by atoms with van der Waals surface area (Å²) in [6.45, 7) is 0.519. The zero-order chi connectivity index (χ0) is 19.5. The standard InChI is InChI=1S/C19H19N5O2S2/c1-23-9-13(8-22-23)4-2-6-20-16(25)10-24-12-21-18-17(19(24)26)14(11-28-18)15-5-3-7-27-15/h3,5,7-9,11-12H,2,4,6,10H2,1H3,(H,20,25). The normalized spacial score (nSPS) is 11.2. The fourth-order valence-electron chi connectivity index (χ4n) is 3.03. The van der Waals surface area contributed by atoms with Gasteiger partial charge in [-0.05, 0) is 29.9 Å². The van der Waals surface area contributed by atoms with Crippen molar-refractivity contribution in [1.82, 2.24) is 24.6 Å². The maximum Gasteiger partial charge on any atom is 0.263 e. The first-order valence-electron chi connectivity index (χ1n) is 8.86. The molecule has 4 rings (SSSR count). The summed E-state index contributed by atoms with van der Waals surface area (Å²) in [6.07, 6.45) is 6.91. The van der Waals surface area contributed by atoms with Gasteiger partial charge in [0.2, 0.25) is 5.91 Å². The molecule has 0 aromatic carbocycles. The van der Waals surface area contributed by atoms with Gasteiger partial charge in [0.25, 0.3) is 5.56 Å². The summed E-state index contributed by atoms with van der Waals surface area (Å²) in [5.74, 6) is -0.192. The molecule has 1 amide bonds. The van der Waals surface area contributed by atoms with Gasteiger partial charge in [-0.15, -0.1) is 22.7 Å². The maximum atomic E-state index is 12.9. The number of fused-ring (bicyclic) bond motifs is 1. The number of nitrogens with zero attached hydrogens (tertiary/aromatic N) is 4. The van der Waals surface area contributed by atoms with E-state index >= 15 is 0 Å². The Hall–Kier alpha value is -2.78. The second kappa shape index (κ2) is 8.07. The highest BCUT2D eigenvalue weighted by Gasteiger charge is 2.15. The Morgan fingerprint density at radius 2 is 2.21 bits per heavy atom. The predicted molar refractivity (Wildman–Crippen MR) is 112 cm³/mol. The quantitative estimate of drug-likeness (QED) is 0.472. The zero-order valence-corrected chi connectivity index (χ0v) is 16.9. The van der Waals surface area contributed by atoms with Crippen LogP contribution in [0.25, 0.3) is 20.7 Å². The molecule has 0 aliphatic rings. The van der Waals surface area contributed by atoms with Crippen LogP contribution in [0.3, 0.4) is 0 Å². The maximum absolute atomic E-state index is 12.9. The third kappa shape index (κ3) is 3.90. The number of nitrogens with one attached hydrogen (secondary N) is 1. The van der Waals surface area contributed by atoms with Crippen LogP contribution >= 0.6 is 22.7 Å². The van der Waals surface area contributed by atoms with Gasteiger partial charge in [-0.1, -0.05) is 6.07 Å². The SMILES string of the molecule is Cn1cc(CCCNC(=O)Cn2cnc3scc(-c4cccs4)c3c2=O)cn1. The highest BCUT2D eigenvalue weighted by molar-refractivity contribution is 7.18. The lowest BCUT2D eigenvalue weighted by molar-refractivity contribution is -0.121. The average Bonchev–Trinajstić information content (AvgIpc) is 3.41. The largest absolute Gasteiger partial charge is 0.355 e. The number of carbonyl (C=O) groups excluding carboxylic acids is 1. The average molecular weight is 414 g/mol. The van der Waals surface area contributed by atoms with Crippen molar-refractivity contribution in [2.75, 3.05) is 6.54 Å². The fraction of sp³-hybridized carbons (Fsp3) is 0.263. The molecule has 4 heterocycles. The molecular weight excluding hydrogens is 394 g/mol. The Balaban J connectivity index is 1.41. The first kappa shape index (κ1) is 18.6. The van der Waals surface area contributed by atoms with Gasteiger partial charge in [-0.25, -0.2) is 4.98 Å². The summed E-state index contributed by atoms with van der Waals surface area (Å²) in [4.78, 5) is 31.2. The highest BCUT2D eigenvalue weighted by Crippen LogP contribution is 2.33. The van der Waals surface area contributed by atoms with Crippen LogP contribution in [0.2, 0.25) is 0 Å². The topological polar surface area (TPSA) is 81.8 Å². The molecule has 4 aromatic heterocycles. The van der Waals surface area contributed by atoms with Crippen molar-refractivity contribution >= 4 is 38.8 Å². The second-order valence-electron chi connectivity index (χ2n) is 6.46. The monoisotopic (exact) mass is 413 g/mol. The predicted octanol–water partition coefficient (Wildman–Crippen LogP) is 2.67. The Bertz CT molecular complexity index is 1160. The number of rotatable bonds is 7. The molecule has 0 unspecified atom stereocenters. The minimum absolute atomic E-state index is 0.0333. The van der Waals surface area contributed by atoms with Crippen molar-refractivity contribution < 1.29 is 4.79 Å². The summed E-state index contributed by atoms with van der Waals surface area (Å²) >= 11 is 3.03. The Morgan fingerprint density at radius 1 is 1.32 bits per heavy atom. The van der Waals surface area contributed by atoms with Crippen molar-refractivity contribution in [3.63, 3.8) is 0 Å². The summed E-state index contributed by atoms with van der Waals surface area (Å²) in [5, 5.41) is 11.5. The van der Waals surface area contributed by atoms with E-state index in [-0.39, 0.29) is 18.0 Å². The fourth-order valence-corrected chi connectivity index (χ4v) is 4.75. The first-order valence-corrected chi connectivity index (χ1v) is 10.6. The van der Waals surface area contributed by atoms with Crippen molar-refractivity contribution in [2.24, 2.45) is 7.05 Å². The van der Waals surface area contributed by atoms with E-state index in [1.54, 1.807) is 16.0 Å². The van der Waals surface area contributed by atoms with E-state index in [1.165, 1.54) is 22.2 Å². The van der Waals surface area contributed by atoms with E-state index in [2.05, 4.69) is 15.4 Å². The van der Waals surface area contributed by atoms with Gasteiger partial charge >= 0.3 is 0 Å². The van der Waals surface area contributed by atoms with Crippen LogP contribution in [0, 0.1) is 0 Å². The summed E-state index contributed by atoms with van der Waals surface area (Å²) in [7, 11) is 1.88. The molecule has 9 heteroatoms. The number of amides is 1. The highest BCUT2D eigenvalue weighted by atomic mass is 32.1. The molecule has 4 aromatic rings. The molecule has 0 saturated heterocycles. The van der Waals surface area contributed by atoms with Crippen LogP contribution in [-0.2, 0) is 24.8 Å². The summed E-state index contributed by atoms with van der Waals surface area (Å²) in [6, 6.07) is 3.94. The van der Waals surface area contributed by atoms with Crippen LogP contribution in [0.15, 0.2) is 46.4 Å². The van der Waals surface area contributed by atoms with Gasteiger partial charge in [0, 0.05) is 35.6 Å². The van der Waals surface area contributed by atoms with Crippen molar-refractivity contribution in [3.05, 3.63) is 57.5 Å². The number of hydrogen-bond donors (Lipinski definition) is 1. The van der Waals surface area contributed by atoms with Gasteiger partial charge < -0.3 is 5.32 Å². The molecule has 0 radical (unpaired) electrons. The lowest BCUT2D eigenvalue weighted by Gasteiger charge is -2.07. The summed E-state index contributed by atoms with van der Waals surface area (Å²) in [5.41, 5.74) is 1.85. The summed E-state index contributed by atoms with van der Waals surface area (Å²) < 4.78 is 3.14. The molecule has 1 N–H and O–H groups in total. The van der Waals surface area contributed by atoms with Gasteiger partial charge in [-0.3, -0.25) is 18.8 Å². The molecule has 0 atom stereocenters. The Kier molecular flexibility index (Phi) is 5.36. The number of hydrogen-bond acceptors (Lipinski definition) is 6. The number of carbonyl (C=O) groups is 1. The van der Waals surface area contributed by atoms with E-state index in [9.17, 15) is 9.59 Å².